The van der Waals surface area contributed by atoms with Crippen molar-refractivity contribution in [1.29, 1.82) is 5.26 Å². The van der Waals surface area contributed by atoms with E-state index in [1.807, 2.05) is 16.7 Å². The van der Waals surface area contributed by atoms with Crippen LogP contribution in [0.1, 0.15) is 25.7 Å². The standard InChI is InChI=1S/C11H16N2OS/c1-15-10-4-2-3-9(10)13-7-8(6-12)5-11(13)14/h8-10H,2-5,7H2,1H3. The Morgan fingerprint density at radius 2 is 2.33 bits per heavy atom. The molecule has 0 bridgehead atoms. The van der Waals surface area contributed by atoms with Gasteiger partial charge in [-0.05, 0) is 19.1 Å². The molecule has 4 heteroatoms. The number of thioether (sulfide) groups is 1. The fourth-order valence-electron chi connectivity index (χ4n) is 2.68. The van der Waals surface area contributed by atoms with Crippen LogP contribution in [0.25, 0.3) is 0 Å². The topological polar surface area (TPSA) is 44.1 Å². The van der Waals surface area contributed by atoms with Crippen molar-refractivity contribution in [2.45, 2.75) is 37.0 Å². The van der Waals surface area contributed by atoms with Crippen molar-refractivity contribution in [2.24, 2.45) is 5.92 Å². The number of nitrogens with zero attached hydrogens (tertiary/aromatic N) is 2. The number of likely N-dealkylation sites (tertiary alicyclic amines) is 1. The highest BCUT2D eigenvalue weighted by atomic mass is 32.2. The third-order valence-electron chi connectivity index (χ3n) is 3.46. The van der Waals surface area contributed by atoms with E-state index in [1.165, 1.54) is 12.8 Å². The zero-order valence-electron chi connectivity index (χ0n) is 8.98. The van der Waals surface area contributed by atoms with Gasteiger partial charge in [-0.25, -0.2) is 0 Å². The molecule has 1 saturated heterocycles. The number of amides is 1. The van der Waals surface area contributed by atoms with Crippen molar-refractivity contribution in [2.75, 3.05) is 12.8 Å². The van der Waals surface area contributed by atoms with Crippen molar-refractivity contribution in [3.63, 3.8) is 0 Å². The Balaban J connectivity index is 2.05. The van der Waals surface area contributed by atoms with Gasteiger partial charge in [0, 0.05) is 24.3 Å². The lowest BCUT2D eigenvalue weighted by Gasteiger charge is -2.28. The average molecular weight is 224 g/mol. The molecule has 2 fully saturated rings. The highest BCUT2D eigenvalue weighted by Gasteiger charge is 2.39. The normalized spacial score (nSPS) is 35.9. The molecular weight excluding hydrogens is 208 g/mol. The van der Waals surface area contributed by atoms with Crippen LogP contribution in [0.2, 0.25) is 0 Å². The molecule has 1 aliphatic heterocycles. The molecule has 0 spiro atoms. The summed E-state index contributed by atoms with van der Waals surface area (Å²) in [5.74, 6) is 0.119. The van der Waals surface area contributed by atoms with E-state index in [0.29, 0.717) is 24.3 Å². The Morgan fingerprint density at radius 1 is 1.53 bits per heavy atom. The first-order chi connectivity index (χ1) is 7.26. The number of nitriles is 1. The second-order valence-corrected chi connectivity index (χ2v) is 5.43. The van der Waals surface area contributed by atoms with Crippen LogP contribution in [-0.2, 0) is 4.79 Å². The van der Waals surface area contributed by atoms with E-state index in [-0.39, 0.29) is 11.8 Å². The summed E-state index contributed by atoms with van der Waals surface area (Å²) in [6.07, 6.45) is 6.11. The highest BCUT2D eigenvalue weighted by molar-refractivity contribution is 7.99. The van der Waals surface area contributed by atoms with Crippen LogP contribution in [0.3, 0.4) is 0 Å². The number of carbonyl (C=O) groups excluding carboxylic acids is 1. The summed E-state index contributed by atoms with van der Waals surface area (Å²) in [5, 5.41) is 9.42. The maximum absolute atomic E-state index is 11.8. The number of rotatable bonds is 2. The zero-order chi connectivity index (χ0) is 10.8. The van der Waals surface area contributed by atoms with E-state index in [0.717, 1.165) is 6.42 Å². The van der Waals surface area contributed by atoms with E-state index in [4.69, 9.17) is 5.26 Å². The molecule has 3 unspecified atom stereocenters. The fraction of sp³-hybridized carbons (Fsp3) is 0.818. The van der Waals surface area contributed by atoms with E-state index in [9.17, 15) is 4.79 Å². The molecule has 82 valence electrons. The van der Waals surface area contributed by atoms with Crippen LogP contribution in [-0.4, -0.2) is 34.9 Å². The Kier molecular flexibility index (Phi) is 3.20. The minimum Gasteiger partial charge on any atom is -0.337 e. The van der Waals surface area contributed by atoms with Crippen molar-refractivity contribution < 1.29 is 4.79 Å². The molecule has 1 heterocycles. The van der Waals surface area contributed by atoms with Gasteiger partial charge in [-0.3, -0.25) is 4.79 Å². The maximum Gasteiger partial charge on any atom is 0.224 e. The summed E-state index contributed by atoms with van der Waals surface area (Å²) in [7, 11) is 0. The van der Waals surface area contributed by atoms with Gasteiger partial charge in [-0.1, -0.05) is 6.42 Å². The van der Waals surface area contributed by atoms with Gasteiger partial charge in [0.05, 0.1) is 12.0 Å². The van der Waals surface area contributed by atoms with Crippen LogP contribution in [0.15, 0.2) is 0 Å². The van der Waals surface area contributed by atoms with Crippen LogP contribution >= 0.6 is 11.8 Å². The predicted molar refractivity (Wildman–Crippen MR) is 60.4 cm³/mol. The molecule has 0 N–H and O–H groups in total. The van der Waals surface area contributed by atoms with E-state index in [1.54, 1.807) is 0 Å². The van der Waals surface area contributed by atoms with Gasteiger partial charge in [0.25, 0.3) is 0 Å². The van der Waals surface area contributed by atoms with Crippen LogP contribution in [0, 0.1) is 17.2 Å². The molecule has 0 aromatic carbocycles. The largest absolute Gasteiger partial charge is 0.337 e. The third kappa shape index (κ3) is 1.98. The predicted octanol–water partition coefficient (Wildman–Crippen LogP) is 1.64. The SMILES string of the molecule is CSC1CCCC1N1CC(C#N)CC1=O. The van der Waals surface area contributed by atoms with Gasteiger partial charge in [0.1, 0.15) is 0 Å². The molecular formula is C11H16N2OS. The van der Waals surface area contributed by atoms with Crippen LogP contribution in [0.4, 0.5) is 0 Å². The van der Waals surface area contributed by atoms with Crippen molar-refractivity contribution in [3.05, 3.63) is 0 Å². The van der Waals surface area contributed by atoms with Crippen molar-refractivity contribution >= 4 is 17.7 Å². The Bertz CT molecular complexity index is 299. The summed E-state index contributed by atoms with van der Waals surface area (Å²) in [6.45, 7) is 0.664. The lowest BCUT2D eigenvalue weighted by molar-refractivity contribution is -0.129. The lowest BCUT2D eigenvalue weighted by atomic mass is 10.1. The number of hydrogen-bond donors (Lipinski definition) is 0. The molecule has 3 atom stereocenters. The van der Waals surface area contributed by atoms with Gasteiger partial charge < -0.3 is 4.90 Å². The van der Waals surface area contributed by atoms with Gasteiger partial charge in [-0.2, -0.15) is 17.0 Å². The van der Waals surface area contributed by atoms with Gasteiger partial charge in [0.2, 0.25) is 5.91 Å². The molecule has 0 aromatic heterocycles. The fourth-order valence-corrected chi connectivity index (χ4v) is 3.68. The van der Waals surface area contributed by atoms with Crippen molar-refractivity contribution in [1.82, 2.24) is 4.90 Å². The minimum atomic E-state index is -0.0689. The second kappa shape index (κ2) is 4.44. The molecule has 3 nitrogen and oxygen atoms in total. The van der Waals surface area contributed by atoms with Gasteiger partial charge in [0.15, 0.2) is 0 Å². The van der Waals surface area contributed by atoms with Crippen LogP contribution in [0.5, 0.6) is 0 Å². The summed E-state index contributed by atoms with van der Waals surface area (Å²) >= 11 is 1.86. The molecule has 0 radical (unpaired) electrons. The summed E-state index contributed by atoms with van der Waals surface area (Å²) in [6, 6.07) is 2.61. The van der Waals surface area contributed by atoms with E-state index in [2.05, 4.69) is 12.3 Å². The Labute approximate surface area is 94.8 Å². The molecule has 1 saturated carbocycles. The molecule has 2 aliphatic rings. The molecule has 2 rings (SSSR count). The first kappa shape index (κ1) is 10.8. The molecule has 1 aliphatic carbocycles. The smallest absolute Gasteiger partial charge is 0.224 e. The molecule has 0 aromatic rings. The second-order valence-electron chi connectivity index (χ2n) is 4.35. The first-order valence-electron chi connectivity index (χ1n) is 5.48. The minimum absolute atomic E-state index is 0.0689. The van der Waals surface area contributed by atoms with Crippen LogP contribution < -0.4 is 0 Å². The maximum atomic E-state index is 11.8. The molecule has 15 heavy (non-hydrogen) atoms. The summed E-state index contributed by atoms with van der Waals surface area (Å²) < 4.78 is 0. The Morgan fingerprint density at radius 3 is 2.93 bits per heavy atom. The van der Waals surface area contributed by atoms with Gasteiger partial charge in [-0.15, -0.1) is 0 Å². The molecule has 1 amide bonds. The monoisotopic (exact) mass is 224 g/mol. The van der Waals surface area contributed by atoms with Gasteiger partial charge >= 0.3 is 0 Å². The summed E-state index contributed by atoms with van der Waals surface area (Å²) in [5.41, 5.74) is 0. The van der Waals surface area contributed by atoms with Crippen molar-refractivity contribution in [3.8, 4) is 6.07 Å². The Hall–Kier alpha value is -0.690. The lowest BCUT2D eigenvalue weighted by Crippen LogP contribution is -2.40. The van der Waals surface area contributed by atoms with E-state index < -0.39 is 0 Å². The third-order valence-corrected chi connectivity index (χ3v) is 4.62. The summed E-state index contributed by atoms with van der Waals surface area (Å²) in [4.78, 5) is 13.7. The first-order valence-corrected chi connectivity index (χ1v) is 6.77. The van der Waals surface area contributed by atoms with E-state index >= 15 is 0 Å². The number of carbonyl (C=O) groups is 1. The highest BCUT2D eigenvalue weighted by Crippen LogP contribution is 2.35. The average Bonchev–Trinajstić information content (AvgIpc) is 2.82. The number of hydrogen-bond acceptors (Lipinski definition) is 3. The zero-order valence-corrected chi connectivity index (χ0v) is 9.80. The quantitative estimate of drug-likeness (QED) is 0.716.